The fraction of sp³-hybridized carbons (Fsp3) is 0.400. The van der Waals surface area contributed by atoms with Crippen LogP contribution >= 0.6 is 0 Å². The van der Waals surface area contributed by atoms with E-state index in [1.54, 1.807) is 0 Å². The van der Waals surface area contributed by atoms with Crippen molar-refractivity contribution < 1.29 is 23.7 Å². The second-order valence-corrected chi connectivity index (χ2v) is 3.32. The van der Waals surface area contributed by atoms with E-state index in [0.717, 1.165) is 0 Å². The Hall–Kier alpha value is -1.40. The summed E-state index contributed by atoms with van der Waals surface area (Å²) in [5.41, 5.74) is 5.11. The molecule has 0 unspecified atom stereocenters. The smallest absolute Gasteiger partial charge is 0.289 e. The molecule has 0 aliphatic carbocycles. The summed E-state index contributed by atoms with van der Waals surface area (Å²) >= 11 is 0. The third-order valence-corrected chi connectivity index (χ3v) is 2.24. The summed E-state index contributed by atoms with van der Waals surface area (Å²) in [6.45, 7) is -1.38. The molecule has 0 aliphatic heterocycles. The number of rotatable bonds is 4. The molecule has 16 heavy (non-hydrogen) atoms. The van der Waals surface area contributed by atoms with Crippen molar-refractivity contribution in [3.63, 3.8) is 0 Å². The third kappa shape index (κ3) is 2.40. The van der Waals surface area contributed by atoms with E-state index in [0.29, 0.717) is 5.75 Å². The van der Waals surface area contributed by atoms with E-state index in [4.69, 9.17) is 15.6 Å². The fourth-order valence-electron chi connectivity index (χ4n) is 1.23. The van der Waals surface area contributed by atoms with Crippen LogP contribution in [-0.4, -0.2) is 29.9 Å². The van der Waals surface area contributed by atoms with E-state index in [9.17, 15) is 13.9 Å². The second-order valence-electron chi connectivity index (χ2n) is 3.32. The van der Waals surface area contributed by atoms with Crippen molar-refractivity contribution in [3.8, 4) is 11.5 Å². The first-order valence-electron chi connectivity index (χ1n) is 4.53. The summed E-state index contributed by atoms with van der Waals surface area (Å²) in [6.07, 6.45) is 0. The topological polar surface area (TPSA) is 75.7 Å². The Morgan fingerprint density at radius 1 is 1.50 bits per heavy atom. The summed E-state index contributed by atoms with van der Waals surface area (Å²) in [5.74, 6) is -3.55. The largest absolute Gasteiger partial charge is 0.508 e. The van der Waals surface area contributed by atoms with Gasteiger partial charge in [0.05, 0.1) is 7.11 Å². The summed E-state index contributed by atoms with van der Waals surface area (Å²) in [7, 11) is 1.37. The van der Waals surface area contributed by atoms with E-state index in [1.165, 1.54) is 25.3 Å². The lowest BCUT2D eigenvalue weighted by molar-refractivity contribution is -0.0716. The van der Waals surface area contributed by atoms with Gasteiger partial charge >= 0.3 is 0 Å². The molecule has 0 saturated heterocycles. The van der Waals surface area contributed by atoms with E-state index < -0.39 is 18.6 Å². The summed E-state index contributed by atoms with van der Waals surface area (Å²) in [5, 5.41) is 17.9. The number of ether oxygens (including phenoxy) is 1. The predicted octanol–water partition coefficient (Wildman–Crippen LogP) is 1.03. The van der Waals surface area contributed by atoms with Gasteiger partial charge in [0.1, 0.15) is 24.1 Å². The number of phenols is 1. The zero-order valence-electron chi connectivity index (χ0n) is 8.65. The van der Waals surface area contributed by atoms with Gasteiger partial charge in [0.2, 0.25) is 0 Å². The molecule has 0 radical (unpaired) electrons. The second kappa shape index (κ2) is 4.63. The third-order valence-electron chi connectivity index (χ3n) is 2.24. The van der Waals surface area contributed by atoms with Crippen molar-refractivity contribution in [2.75, 3.05) is 13.7 Å². The molecule has 1 aromatic rings. The highest BCUT2D eigenvalue weighted by Crippen LogP contribution is 2.35. The van der Waals surface area contributed by atoms with Crippen LogP contribution in [0.2, 0.25) is 0 Å². The quantitative estimate of drug-likeness (QED) is 0.726. The molecule has 0 bridgehead atoms. The molecule has 1 rings (SSSR count). The number of phenolic OH excluding ortho intramolecular Hbond substituents is 1. The molecule has 0 heterocycles. The summed E-state index contributed by atoms with van der Waals surface area (Å²) in [6, 6.07) is 2.06. The predicted molar refractivity (Wildman–Crippen MR) is 53.6 cm³/mol. The minimum Gasteiger partial charge on any atom is -0.508 e. The molecule has 1 atom stereocenters. The number of hydrogen-bond donors (Lipinski definition) is 3. The van der Waals surface area contributed by atoms with E-state index >= 15 is 0 Å². The van der Waals surface area contributed by atoms with E-state index in [2.05, 4.69) is 0 Å². The molecular formula is C10H13F2NO3. The zero-order chi connectivity index (χ0) is 12.3. The molecule has 6 heteroatoms. The van der Waals surface area contributed by atoms with Crippen LogP contribution in [0.5, 0.6) is 11.5 Å². The molecule has 4 nitrogen and oxygen atoms in total. The Morgan fingerprint density at radius 3 is 2.62 bits per heavy atom. The number of alkyl halides is 2. The Kier molecular flexibility index (Phi) is 3.66. The van der Waals surface area contributed by atoms with Crippen molar-refractivity contribution in [3.05, 3.63) is 23.8 Å². The molecular weight excluding hydrogens is 220 g/mol. The molecule has 4 N–H and O–H groups in total. The number of aliphatic hydroxyl groups is 1. The minimum atomic E-state index is -3.50. The van der Waals surface area contributed by atoms with Gasteiger partial charge in [-0.2, -0.15) is 0 Å². The van der Waals surface area contributed by atoms with Crippen LogP contribution in [0.4, 0.5) is 8.78 Å². The summed E-state index contributed by atoms with van der Waals surface area (Å²) in [4.78, 5) is 0. The van der Waals surface area contributed by atoms with Gasteiger partial charge in [0, 0.05) is 5.56 Å². The number of nitrogens with two attached hydrogens (primary N) is 1. The van der Waals surface area contributed by atoms with Gasteiger partial charge in [0.15, 0.2) is 0 Å². The molecule has 0 amide bonds. The van der Waals surface area contributed by atoms with Crippen molar-refractivity contribution in [1.82, 2.24) is 0 Å². The molecule has 0 spiro atoms. The number of benzene rings is 1. The van der Waals surface area contributed by atoms with Crippen LogP contribution in [0.1, 0.15) is 11.6 Å². The standard InChI is InChI=1S/C10H13F2NO3/c1-16-6-2-3-8(15)7(4-6)9(13)10(11,12)5-14/h2-4,9,14-15H,5,13H2,1H3/t9-/m1/s1. The highest BCUT2D eigenvalue weighted by atomic mass is 19.3. The van der Waals surface area contributed by atoms with Gasteiger partial charge in [-0.1, -0.05) is 0 Å². The molecule has 0 fully saturated rings. The van der Waals surface area contributed by atoms with Crippen LogP contribution in [-0.2, 0) is 0 Å². The van der Waals surface area contributed by atoms with Crippen LogP contribution in [0.15, 0.2) is 18.2 Å². The van der Waals surface area contributed by atoms with Crippen LogP contribution < -0.4 is 10.5 Å². The fourth-order valence-corrected chi connectivity index (χ4v) is 1.23. The van der Waals surface area contributed by atoms with Gasteiger partial charge in [-0.3, -0.25) is 0 Å². The lowest BCUT2D eigenvalue weighted by Gasteiger charge is -2.22. The first-order valence-corrected chi connectivity index (χ1v) is 4.53. The Balaban J connectivity index is 3.11. The number of aliphatic hydroxyl groups excluding tert-OH is 1. The molecule has 90 valence electrons. The maximum Gasteiger partial charge on any atom is 0.289 e. The van der Waals surface area contributed by atoms with Crippen LogP contribution in [0.3, 0.4) is 0 Å². The maximum absolute atomic E-state index is 13.1. The van der Waals surface area contributed by atoms with Crippen molar-refractivity contribution in [2.24, 2.45) is 5.73 Å². The van der Waals surface area contributed by atoms with Gasteiger partial charge in [-0.25, -0.2) is 8.78 Å². The van der Waals surface area contributed by atoms with Gasteiger partial charge < -0.3 is 20.7 Å². The average Bonchev–Trinajstić information content (AvgIpc) is 2.29. The van der Waals surface area contributed by atoms with Gasteiger partial charge in [0.25, 0.3) is 5.92 Å². The Morgan fingerprint density at radius 2 is 2.12 bits per heavy atom. The number of methoxy groups -OCH3 is 1. The Labute approximate surface area is 91.3 Å². The number of hydrogen-bond acceptors (Lipinski definition) is 4. The van der Waals surface area contributed by atoms with E-state index in [1.807, 2.05) is 0 Å². The van der Waals surface area contributed by atoms with Gasteiger partial charge in [-0.05, 0) is 18.2 Å². The zero-order valence-corrected chi connectivity index (χ0v) is 8.65. The number of halogens is 2. The molecule has 0 aliphatic rings. The van der Waals surface area contributed by atoms with Crippen LogP contribution in [0, 0.1) is 0 Å². The SMILES string of the molecule is COc1ccc(O)c([C@@H](N)C(F)(F)CO)c1. The first-order chi connectivity index (χ1) is 7.42. The summed E-state index contributed by atoms with van der Waals surface area (Å²) < 4.78 is 31.1. The minimum absolute atomic E-state index is 0.168. The maximum atomic E-state index is 13.1. The van der Waals surface area contributed by atoms with E-state index in [-0.39, 0.29) is 11.3 Å². The Bertz CT molecular complexity index is 371. The lowest BCUT2D eigenvalue weighted by Crippen LogP contribution is -2.36. The number of aromatic hydroxyl groups is 1. The first kappa shape index (κ1) is 12.7. The molecule has 1 aromatic carbocycles. The van der Waals surface area contributed by atoms with Crippen molar-refractivity contribution in [1.29, 1.82) is 0 Å². The van der Waals surface area contributed by atoms with Crippen molar-refractivity contribution in [2.45, 2.75) is 12.0 Å². The van der Waals surface area contributed by atoms with Crippen molar-refractivity contribution >= 4 is 0 Å². The molecule has 0 saturated carbocycles. The monoisotopic (exact) mass is 233 g/mol. The normalized spacial score (nSPS) is 13.6. The van der Waals surface area contributed by atoms with Crippen LogP contribution in [0.25, 0.3) is 0 Å². The highest BCUT2D eigenvalue weighted by molar-refractivity contribution is 5.42. The average molecular weight is 233 g/mol. The highest BCUT2D eigenvalue weighted by Gasteiger charge is 2.38. The molecule has 0 aromatic heterocycles. The van der Waals surface area contributed by atoms with Gasteiger partial charge in [-0.15, -0.1) is 0 Å². The lowest BCUT2D eigenvalue weighted by atomic mass is 10.0.